The lowest BCUT2D eigenvalue weighted by molar-refractivity contribution is 0.0504. The lowest BCUT2D eigenvalue weighted by Gasteiger charge is -2.12. The molecule has 5 heteroatoms. The largest absolute Gasteiger partial charge is 0.372 e. The van der Waals surface area contributed by atoms with Crippen LogP contribution >= 0.6 is 11.3 Å². The molecular formula is C11H19N3OS. The minimum Gasteiger partial charge on any atom is -0.372 e. The van der Waals surface area contributed by atoms with E-state index in [0.29, 0.717) is 12.6 Å². The number of thiazole rings is 1. The molecule has 1 fully saturated rings. The van der Waals surface area contributed by atoms with Gasteiger partial charge in [-0.15, -0.1) is 11.3 Å². The molecule has 0 spiro atoms. The molecule has 2 heterocycles. The van der Waals surface area contributed by atoms with E-state index >= 15 is 0 Å². The highest BCUT2D eigenvalue weighted by Crippen LogP contribution is 2.18. The van der Waals surface area contributed by atoms with Gasteiger partial charge in [0.1, 0.15) is 0 Å². The van der Waals surface area contributed by atoms with Crippen LogP contribution in [0.15, 0.2) is 6.20 Å². The third-order valence-electron chi connectivity index (χ3n) is 2.80. The lowest BCUT2D eigenvalue weighted by Crippen LogP contribution is -2.28. The summed E-state index contributed by atoms with van der Waals surface area (Å²) < 4.78 is 5.75. The Morgan fingerprint density at radius 3 is 3.00 bits per heavy atom. The topological polar surface area (TPSA) is 60.2 Å². The maximum atomic E-state index is 5.75. The molecule has 16 heavy (non-hydrogen) atoms. The molecule has 1 aromatic rings. The summed E-state index contributed by atoms with van der Waals surface area (Å²) in [7, 11) is 0. The molecule has 1 aliphatic heterocycles. The zero-order chi connectivity index (χ0) is 11.4. The van der Waals surface area contributed by atoms with Crippen molar-refractivity contribution in [2.45, 2.75) is 38.5 Å². The zero-order valence-corrected chi connectivity index (χ0v) is 10.4. The minimum absolute atomic E-state index is 0.275. The highest BCUT2D eigenvalue weighted by Gasteiger charge is 2.23. The molecule has 0 bridgehead atoms. The summed E-state index contributed by atoms with van der Waals surface area (Å²) in [5.41, 5.74) is 5.57. The van der Waals surface area contributed by atoms with Gasteiger partial charge in [0.25, 0.3) is 0 Å². The van der Waals surface area contributed by atoms with Crippen molar-refractivity contribution in [3.05, 3.63) is 16.1 Å². The van der Waals surface area contributed by atoms with Crippen LogP contribution < -0.4 is 11.1 Å². The molecule has 0 aliphatic carbocycles. The second kappa shape index (κ2) is 5.72. The number of ether oxygens (including phenoxy) is 1. The fourth-order valence-electron chi connectivity index (χ4n) is 1.95. The van der Waals surface area contributed by atoms with Crippen LogP contribution in [0.5, 0.6) is 0 Å². The van der Waals surface area contributed by atoms with E-state index < -0.39 is 0 Å². The number of nitrogens with one attached hydrogen (secondary N) is 1. The van der Waals surface area contributed by atoms with Crippen LogP contribution in [0, 0.1) is 6.92 Å². The van der Waals surface area contributed by atoms with Gasteiger partial charge in [0, 0.05) is 30.7 Å². The van der Waals surface area contributed by atoms with Crippen molar-refractivity contribution < 1.29 is 4.74 Å². The Bertz CT molecular complexity index is 329. The Kier molecular flexibility index (Phi) is 4.29. The van der Waals surface area contributed by atoms with Crippen LogP contribution in [0.1, 0.15) is 22.7 Å². The molecule has 2 rings (SSSR count). The van der Waals surface area contributed by atoms with E-state index in [0.717, 1.165) is 30.9 Å². The molecule has 0 aromatic carbocycles. The lowest BCUT2D eigenvalue weighted by atomic mass is 10.2. The first-order valence-corrected chi connectivity index (χ1v) is 6.57. The Morgan fingerprint density at radius 2 is 2.38 bits per heavy atom. The van der Waals surface area contributed by atoms with Crippen LogP contribution in [0.4, 0.5) is 0 Å². The SMILES string of the molecule is Cc1ncc(CNCC2CCC(CN)O2)s1. The minimum atomic E-state index is 0.275. The van der Waals surface area contributed by atoms with Gasteiger partial charge in [0.2, 0.25) is 0 Å². The molecule has 2 unspecified atom stereocenters. The number of hydrogen-bond acceptors (Lipinski definition) is 5. The van der Waals surface area contributed by atoms with Crippen molar-refractivity contribution in [1.29, 1.82) is 0 Å². The van der Waals surface area contributed by atoms with Crippen LogP contribution in [-0.4, -0.2) is 30.3 Å². The first kappa shape index (κ1) is 12.0. The molecule has 0 radical (unpaired) electrons. The molecule has 1 aliphatic rings. The van der Waals surface area contributed by atoms with E-state index in [9.17, 15) is 0 Å². The second-order valence-electron chi connectivity index (χ2n) is 4.17. The van der Waals surface area contributed by atoms with Crippen LogP contribution in [-0.2, 0) is 11.3 Å². The Morgan fingerprint density at radius 1 is 1.56 bits per heavy atom. The molecule has 1 aromatic heterocycles. The maximum absolute atomic E-state index is 5.75. The van der Waals surface area contributed by atoms with Gasteiger partial charge >= 0.3 is 0 Å². The monoisotopic (exact) mass is 241 g/mol. The van der Waals surface area contributed by atoms with E-state index in [-0.39, 0.29) is 6.10 Å². The van der Waals surface area contributed by atoms with Gasteiger partial charge in [-0.2, -0.15) is 0 Å². The normalized spacial score (nSPS) is 25.1. The van der Waals surface area contributed by atoms with Crippen molar-refractivity contribution in [2.75, 3.05) is 13.1 Å². The van der Waals surface area contributed by atoms with E-state index in [1.165, 1.54) is 4.88 Å². The van der Waals surface area contributed by atoms with Crippen molar-refractivity contribution in [3.8, 4) is 0 Å². The highest BCUT2D eigenvalue weighted by molar-refractivity contribution is 7.11. The number of rotatable bonds is 5. The molecule has 0 saturated carbocycles. The summed E-state index contributed by atoms with van der Waals surface area (Å²) >= 11 is 1.74. The molecule has 2 atom stereocenters. The van der Waals surface area contributed by atoms with Crippen LogP contribution in [0.2, 0.25) is 0 Å². The van der Waals surface area contributed by atoms with Gasteiger partial charge in [-0.3, -0.25) is 0 Å². The number of aryl methyl sites for hydroxylation is 1. The Hall–Kier alpha value is -0.490. The summed E-state index contributed by atoms with van der Waals surface area (Å²) in [4.78, 5) is 5.51. The van der Waals surface area contributed by atoms with Gasteiger partial charge in [0.05, 0.1) is 17.2 Å². The molecule has 1 saturated heterocycles. The van der Waals surface area contributed by atoms with Crippen LogP contribution in [0.25, 0.3) is 0 Å². The third kappa shape index (κ3) is 3.25. The van der Waals surface area contributed by atoms with E-state index in [1.54, 1.807) is 11.3 Å². The Labute approximate surface area is 100 Å². The van der Waals surface area contributed by atoms with Gasteiger partial charge in [-0.25, -0.2) is 4.98 Å². The van der Waals surface area contributed by atoms with E-state index in [2.05, 4.69) is 10.3 Å². The van der Waals surface area contributed by atoms with Gasteiger partial charge in [-0.1, -0.05) is 0 Å². The van der Waals surface area contributed by atoms with Crippen molar-refractivity contribution in [3.63, 3.8) is 0 Å². The Balaban J connectivity index is 1.65. The summed E-state index contributed by atoms with van der Waals surface area (Å²) in [5, 5.41) is 4.53. The summed E-state index contributed by atoms with van der Waals surface area (Å²) in [5.74, 6) is 0. The summed E-state index contributed by atoms with van der Waals surface area (Å²) in [6.07, 6.45) is 4.77. The van der Waals surface area contributed by atoms with Crippen molar-refractivity contribution in [2.24, 2.45) is 5.73 Å². The average Bonchev–Trinajstić information content (AvgIpc) is 2.88. The standard InChI is InChI=1S/C11H19N3OS/c1-8-14-7-11(16-8)6-13-5-10-3-2-9(4-12)15-10/h7,9-10,13H,2-6,12H2,1H3. The predicted molar refractivity (Wildman–Crippen MR) is 65.5 cm³/mol. The third-order valence-corrected chi connectivity index (χ3v) is 3.71. The fraction of sp³-hybridized carbons (Fsp3) is 0.727. The van der Waals surface area contributed by atoms with Gasteiger partial charge in [-0.05, 0) is 19.8 Å². The smallest absolute Gasteiger partial charge is 0.0897 e. The van der Waals surface area contributed by atoms with Crippen molar-refractivity contribution in [1.82, 2.24) is 10.3 Å². The van der Waals surface area contributed by atoms with Gasteiger partial charge in [0.15, 0.2) is 0 Å². The van der Waals surface area contributed by atoms with E-state index in [1.807, 2.05) is 13.1 Å². The first-order valence-electron chi connectivity index (χ1n) is 5.75. The summed E-state index contributed by atoms with van der Waals surface area (Å²) in [6.45, 7) is 4.47. The quantitative estimate of drug-likeness (QED) is 0.809. The molecule has 4 nitrogen and oxygen atoms in total. The number of nitrogens with zero attached hydrogens (tertiary/aromatic N) is 1. The first-order chi connectivity index (χ1) is 7.78. The average molecular weight is 241 g/mol. The summed E-state index contributed by atoms with van der Waals surface area (Å²) in [6, 6.07) is 0. The fourth-order valence-corrected chi connectivity index (χ4v) is 2.71. The van der Waals surface area contributed by atoms with Gasteiger partial charge < -0.3 is 15.8 Å². The maximum Gasteiger partial charge on any atom is 0.0897 e. The second-order valence-corrected chi connectivity index (χ2v) is 5.49. The van der Waals surface area contributed by atoms with Crippen molar-refractivity contribution >= 4 is 11.3 Å². The molecule has 90 valence electrons. The zero-order valence-electron chi connectivity index (χ0n) is 9.61. The molecule has 0 amide bonds. The molecule has 3 N–H and O–H groups in total. The highest BCUT2D eigenvalue weighted by atomic mass is 32.1. The predicted octanol–water partition coefficient (Wildman–Crippen LogP) is 1.05. The van der Waals surface area contributed by atoms with E-state index in [4.69, 9.17) is 10.5 Å². The number of aromatic nitrogens is 1. The molecular weight excluding hydrogens is 222 g/mol. The number of hydrogen-bond donors (Lipinski definition) is 2. The number of nitrogens with two attached hydrogens (primary N) is 1. The van der Waals surface area contributed by atoms with Crippen LogP contribution in [0.3, 0.4) is 0 Å².